The monoisotopic (exact) mass is 270 g/mol. The third-order valence-electron chi connectivity index (χ3n) is 4.48. The van der Waals surface area contributed by atoms with E-state index in [1.165, 1.54) is 11.1 Å². The van der Waals surface area contributed by atoms with Crippen LogP contribution >= 0.6 is 0 Å². The fourth-order valence-electron chi connectivity index (χ4n) is 3.16. The molecular weight excluding hydrogens is 248 g/mol. The number of fused-ring (bicyclic) bond motifs is 1. The van der Waals surface area contributed by atoms with Gasteiger partial charge in [-0.1, -0.05) is 36.4 Å². The van der Waals surface area contributed by atoms with E-state index >= 15 is 0 Å². The molecule has 3 heteroatoms. The van der Waals surface area contributed by atoms with E-state index in [9.17, 15) is 4.79 Å². The number of hydrogen-bond acceptors (Lipinski definition) is 2. The third kappa shape index (κ3) is 2.63. The lowest BCUT2D eigenvalue weighted by Crippen LogP contribution is -2.46. The van der Waals surface area contributed by atoms with Gasteiger partial charge in [0.15, 0.2) is 0 Å². The minimum Gasteiger partial charge on any atom is -0.338 e. The van der Waals surface area contributed by atoms with Crippen LogP contribution < -0.4 is 5.32 Å². The number of allylic oxidation sites excluding steroid dienone is 1. The van der Waals surface area contributed by atoms with Crippen LogP contribution in [0.15, 0.2) is 36.4 Å². The second-order valence-electron chi connectivity index (χ2n) is 5.79. The summed E-state index contributed by atoms with van der Waals surface area (Å²) in [6.45, 7) is 4.60. The van der Waals surface area contributed by atoms with Crippen LogP contribution in [0.3, 0.4) is 0 Å². The summed E-state index contributed by atoms with van der Waals surface area (Å²) in [7, 11) is 0. The van der Waals surface area contributed by atoms with Gasteiger partial charge in [-0.3, -0.25) is 4.79 Å². The predicted molar refractivity (Wildman–Crippen MR) is 80.3 cm³/mol. The van der Waals surface area contributed by atoms with Gasteiger partial charge < -0.3 is 10.2 Å². The number of carbonyl (C=O) groups excluding carboxylic acids is 1. The first-order chi connectivity index (χ1) is 9.75. The van der Waals surface area contributed by atoms with Gasteiger partial charge in [0.05, 0.1) is 5.92 Å². The zero-order chi connectivity index (χ0) is 13.9. The molecule has 2 heterocycles. The molecule has 1 amide bonds. The first-order valence-electron chi connectivity index (χ1n) is 7.49. The summed E-state index contributed by atoms with van der Waals surface area (Å²) in [4.78, 5) is 14.8. The molecular formula is C17H22N2O. The van der Waals surface area contributed by atoms with Gasteiger partial charge >= 0.3 is 0 Å². The second-order valence-corrected chi connectivity index (χ2v) is 5.79. The average molecular weight is 270 g/mol. The van der Waals surface area contributed by atoms with E-state index in [1.54, 1.807) is 0 Å². The lowest BCUT2D eigenvalue weighted by molar-refractivity contribution is -0.137. The standard InChI is InChI=1S/C17H22N2O/c1-13-16(8-4-5-10-18-13)17(20)19-11-9-14-6-2-3-7-15(14)12-19/h2-7,13,16,18H,8-12H2,1H3/t13-,16+/m1/s1. The van der Waals surface area contributed by atoms with Crippen molar-refractivity contribution in [2.24, 2.45) is 5.92 Å². The molecule has 2 atom stereocenters. The number of nitrogens with zero attached hydrogens (tertiary/aromatic N) is 1. The molecule has 20 heavy (non-hydrogen) atoms. The Kier molecular flexibility index (Phi) is 3.88. The van der Waals surface area contributed by atoms with Crippen LogP contribution in [0, 0.1) is 5.92 Å². The van der Waals surface area contributed by atoms with Gasteiger partial charge in [0, 0.05) is 25.7 Å². The Morgan fingerprint density at radius 2 is 2.05 bits per heavy atom. The van der Waals surface area contributed by atoms with Crippen molar-refractivity contribution in [3.63, 3.8) is 0 Å². The zero-order valence-corrected chi connectivity index (χ0v) is 12.0. The van der Waals surface area contributed by atoms with Crippen molar-refractivity contribution in [3.05, 3.63) is 47.5 Å². The third-order valence-corrected chi connectivity index (χ3v) is 4.48. The Hall–Kier alpha value is -1.61. The van der Waals surface area contributed by atoms with Crippen LogP contribution in [0.2, 0.25) is 0 Å². The summed E-state index contributed by atoms with van der Waals surface area (Å²) < 4.78 is 0. The number of carbonyl (C=O) groups is 1. The minimum absolute atomic E-state index is 0.0685. The quantitative estimate of drug-likeness (QED) is 0.793. The van der Waals surface area contributed by atoms with Gasteiger partial charge in [-0.05, 0) is 30.9 Å². The van der Waals surface area contributed by atoms with Crippen molar-refractivity contribution >= 4 is 5.91 Å². The maximum Gasteiger partial charge on any atom is 0.227 e. The van der Waals surface area contributed by atoms with Gasteiger partial charge in [-0.25, -0.2) is 0 Å². The van der Waals surface area contributed by atoms with Gasteiger partial charge in [0.25, 0.3) is 0 Å². The normalized spacial score (nSPS) is 25.9. The summed E-state index contributed by atoms with van der Waals surface area (Å²) in [6, 6.07) is 8.71. The topological polar surface area (TPSA) is 32.3 Å². The molecule has 0 spiro atoms. The summed E-state index contributed by atoms with van der Waals surface area (Å²) >= 11 is 0. The molecule has 2 aliphatic rings. The van der Waals surface area contributed by atoms with Crippen molar-refractivity contribution in [2.75, 3.05) is 13.1 Å². The van der Waals surface area contributed by atoms with Gasteiger partial charge in [0.1, 0.15) is 0 Å². The van der Waals surface area contributed by atoms with Crippen LogP contribution in [-0.4, -0.2) is 29.9 Å². The highest BCUT2D eigenvalue weighted by atomic mass is 16.2. The summed E-state index contributed by atoms with van der Waals surface area (Å²) in [5.41, 5.74) is 2.69. The molecule has 0 saturated carbocycles. The van der Waals surface area contributed by atoms with E-state index in [0.717, 1.165) is 32.5 Å². The van der Waals surface area contributed by atoms with Crippen molar-refractivity contribution in [1.29, 1.82) is 0 Å². The van der Waals surface area contributed by atoms with Crippen molar-refractivity contribution in [3.8, 4) is 0 Å². The SMILES string of the molecule is C[C@H]1NCC=CC[C@@H]1C(=O)N1CCc2ccccc2C1. The van der Waals surface area contributed by atoms with E-state index in [1.807, 2.05) is 4.90 Å². The molecule has 0 fully saturated rings. The Morgan fingerprint density at radius 1 is 1.25 bits per heavy atom. The highest BCUT2D eigenvalue weighted by Gasteiger charge is 2.30. The molecule has 1 aromatic rings. The number of benzene rings is 1. The number of hydrogen-bond donors (Lipinski definition) is 1. The highest BCUT2D eigenvalue weighted by molar-refractivity contribution is 5.80. The Morgan fingerprint density at radius 3 is 2.90 bits per heavy atom. The molecule has 0 unspecified atom stereocenters. The van der Waals surface area contributed by atoms with Crippen molar-refractivity contribution in [2.45, 2.75) is 32.4 Å². The first-order valence-corrected chi connectivity index (χ1v) is 7.49. The Balaban J connectivity index is 1.73. The largest absolute Gasteiger partial charge is 0.338 e. The van der Waals surface area contributed by atoms with Crippen LogP contribution in [-0.2, 0) is 17.8 Å². The Bertz CT molecular complexity index is 523. The molecule has 1 aromatic carbocycles. The van der Waals surface area contributed by atoms with E-state index in [-0.39, 0.29) is 12.0 Å². The van der Waals surface area contributed by atoms with Gasteiger partial charge in [-0.15, -0.1) is 0 Å². The number of amides is 1. The molecule has 3 rings (SSSR count). The predicted octanol–water partition coefficient (Wildman–Crippen LogP) is 2.13. The summed E-state index contributed by atoms with van der Waals surface area (Å²) in [6.07, 6.45) is 6.09. The molecule has 2 aliphatic heterocycles. The highest BCUT2D eigenvalue weighted by Crippen LogP contribution is 2.23. The van der Waals surface area contributed by atoms with Crippen LogP contribution in [0.5, 0.6) is 0 Å². The molecule has 1 N–H and O–H groups in total. The molecule has 106 valence electrons. The minimum atomic E-state index is 0.0685. The molecule has 0 aromatic heterocycles. The van der Waals surface area contributed by atoms with Crippen molar-refractivity contribution < 1.29 is 4.79 Å². The number of nitrogens with one attached hydrogen (secondary N) is 1. The average Bonchev–Trinajstić information content (AvgIpc) is 2.70. The molecule has 0 aliphatic carbocycles. The second kappa shape index (κ2) is 5.80. The lowest BCUT2D eigenvalue weighted by atomic mass is 9.93. The van der Waals surface area contributed by atoms with Crippen molar-refractivity contribution in [1.82, 2.24) is 10.2 Å². The molecule has 3 nitrogen and oxygen atoms in total. The lowest BCUT2D eigenvalue weighted by Gasteiger charge is -2.33. The maximum absolute atomic E-state index is 12.8. The smallest absolute Gasteiger partial charge is 0.227 e. The molecule has 0 saturated heterocycles. The van der Waals surface area contributed by atoms with E-state index in [2.05, 4.69) is 48.7 Å². The Labute approximate surface area is 120 Å². The van der Waals surface area contributed by atoms with Crippen LogP contribution in [0.4, 0.5) is 0 Å². The number of rotatable bonds is 1. The van der Waals surface area contributed by atoms with Crippen LogP contribution in [0.1, 0.15) is 24.5 Å². The zero-order valence-electron chi connectivity index (χ0n) is 12.0. The molecule has 0 bridgehead atoms. The summed E-state index contributed by atoms with van der Waals surface area (Å²) in [5.74, 6) is 0.366. The van der Waals surface area contributed by atoms with E-state index < -0.39 is 0 Å². The van der Waals surface area contributed by atoms with E-state index in [0.29, 0.717) is 5.91 Å². The maximum atomic E-state index is 12.8. The fraction of sp³-hybridized carbons (Fsp3) is 0.471. The van der Waals surface area contributed by atoms with E-state index in [4.69, 9.17) is 0 Å². The first kappa shape index (κ1) is 13.4. The summed E-state index contributed by atoms with van der Waals surface area (Å²) in [5, 5.41) is 3.40. The van der Waals surface area contributed by atoms with Crippen LogP contribution in [0.25, 0.3) is 0 Å². The fourth-order valence-corrected chi connectivity index (χ4v) is 3.16. The molecule has 0 radical (unpaired) electrons. The van der Waals surface area contributed by atoms with Gasteiger partial charge in [-0.2, -0.15) is 0 Å². The van der Waals surface area contributed by atoms with Gasteiger partial charge in [0.2, 0.25) is 5.91 Å².